The van der Waals surface area contributed by atoms with Crippen molar-refractivity contribution in [1.82, 2.24) is 4.72 Å². The summed E-state index contributed by atoms with van der Waals surface area (Å²) in [4.78, 5) is 0. The van der Waals surface area contributed by atoms with Gasteiger partial charge in [0.15, 0.2) is 6.04 Å². The summed E-state index contributed by atoms with van der Waals surface area (Å²) in [6, 6.07) is 7.05. The largest absolute Gasteiger partial charge is 0.371 e. The monoisotopic (exact) mass is 226 g/mol. The van der Waals surface area contributed by atoms with Crippen LogP contribution in [-0.4, -0.2) is 14.3 Å². The van der Waals surface area contributed by atoms with Crippen LogP contribution >= 0.6 is 0 Å². The van der Waals surface area contributed by atoms with E-state index in [2.05, 4.69) is 9.12 Å². The lowest BCUT2D eigenvalue weighted by atomic mass is 10.1. The van der Waals surface area contributed by atoms with Crippen molar-refractivity contribution in [2.45, 2.75) is 13.0 Å². The van der Waals surface area contributed by atoms with E-state index in [1.807, 2.05) is 31.2 Å². The number of aryl methyl sites for hydroxylation is 1. The minimum atomic E-state index is -3.46. The van der Waals surface area contributed by atoms with Gasteiger partial charge in [-0.3, -0.25) is 5.73 Å². The Bertz CT molecular complexity index is 505. The summed E-state index contributed by atoms with van der Waals surface area (Å²) < 4.78 is 27.0. The van der Waals surface area contributed by atoms with Gasteiger partial charge in [-0.05, 0) is 12.5 Å². The van der Waals surface area contributed by atoms with Crippen molar-refractivity contribution in [3.8, 4) is 0 Å². The van der Waals surface area contributed by atoms with Crippen molar-refractivity contribution in [1.29, 1.82) is 0 Å². The molecule has 1 aliphatic rings. The highest BCUT2D eigenvalue weighted by Gasteiger charge is 2.34. The van der Waals surface area contributed by atoms with Crippen molar-refractivity contribution >= 4 is 16.0 Å². The molecule has 0 radical (unpaired) electrons. The summed E-state index contributed by atoms with van der Waals surface area (Å²) in [6.07, 6.45) is 0. The normalized spacial score (nSPS) is 23.8. The molecule has 1 aromatic carbocycles. The maximum atomic E-state index is 11.2. The molecule has 1 heterocycles. The molecular formula is C9H12N3O2S+. The van der Waals surface area contributed by atoms with E-state index >= 15 is 0 Å². The summed E-state index contributed by atoms with van der Waals surface area (Å²) in [5.41, 5.74) is 7.53. The van der Waals surface area contributed by atoms with E-state index in [-0.39, 0.29) is 5.84 Å². The van der Waals surface area contributed by atoms with Crippen LogP contribution in [0.1, 0.15) is 17.2 Å². The van der Waals surface area contributed by atoms with Crippen LogP contribution in [0.2, 0.25) is 0 Å². The van der Waals surface area contributed by atoms with E-state index in [9.17, 15) is 8.42 Å². The molecule has 1 aliphatic heterocycles. The SMILES string of the molecule is Cc1ccc([C@@H]2NS(=O)(=O)[NH+]=C2N)cc1. The van der Waals surface area contributed by atoms with Crippen molar-refractivity contribution in [2.75, 3.05) is 0 Å². The number of nitrogens with one attached hydrogen (secondary N) is 2. The van der Waals surface area contributed by atoms with Crippen LogP contribution in [0, 0.1) is 6.92 Å². The first-order valence-corrected chi connectivity index (χ1v) is 5.95. The molecule has 0 saturated heterocycles. The van der Waals surface area contributed by atoms with Crippen LogP contribution in [0.4, 0.5) is 0 Å². The van der Waals surface area contributed by atoms with Gasteiger partial charge in [-0.15, -0.1) is 0 Å². The Morgan fingerprint density at radius 3 is 2.40 bits per heavy atom. The number of amidine groups is 1. The van der Waals surface area contributed by atoms with E-state index in [1.165, 1.54) is 0 Å². The topological polar surface area (TPSA) is 86.2 Å². The van der Waals surface area contributed by atoms with Gasteiger partial charge in [-0.1, -0.05) is 29.8 Å². The minimum Gasteiger partial charge on any atom is -0.288 e. The van der Waals surface area contributed by atoms with Crippen LogP contribution in [0.3, 0.4) is 0 Å². The fourth-order valence-electron chi connectivity index (χ4n) is 1.47. The van der Waals surface area contributed by atoms with Gasteiger partial charge in [-0.25, -0.2) is 0 Å². The van der Waals surface area contributed by atoms with Crippen molar-refractivity contribution in [2.24, 2.45) is 5.73 Å². The highest BCUT2D eigenvalue weighted by molar-refractivity contribution is 7.83. The fraction of sp³-hybridized carbons (Fsp3) is 0.222. The highest BCUT2D eigenvalue weighted by atomic mass is 32.2. The Balaban J connectivity index is 2.35. The summed E-state index contributed by atoms with van der Waals surface area (Å²) in [6.45, 7) is 1.97. The zero-order chi connectivity index (χ0) is 11.1. The third-order valence-electron chi connectivity index (χ3n) is 2.25. The van der Waals surface area contributed by atoms with E-state index in [4.69, 9.17) is 5.73 Å². The number of hydrogen-bond donors (Lipinski definition) is 3. The van der Waals surface area contributed by atoms with Crippen molar-refractivity contribution in [3.05, 3.63) is 35.4 Å². The lowest BCUT2D eigenvalue weighted by molar-refractivity contribution is -0.265. The Labute approximate surface area is 88.2 Å². The first kappa shape index (κ1) is 10.1. The van der Waals surface area contributed by atoms with Crippen LogP contribution in [-0.2, 0) is 10.2 Å². The maximum Gasteiger partial charge on any atom is 0.371 e. The molecular weight excluding hydrogens is 214 g/mol. The molecule has 0 unspecified atom stereocenters. The van der Waals surface area contributed by atoms with Gasteiger partial charge in [-0.2, -0.15) is 17.5 Å². The second-order valence-electron chi connectivity index (χ2n) is 3.52. The quantitative estimate of drug-likeness (QED) is 0.535. The van der Waals surface area contributed by atoms with Crippen LogP contribution in [0.5, 0.6) is 0 Å². The molecule has 0 bridgehead atoms. The summed E-state index contributed by atoms with van der Waals surface area (Å²) in [5.74, 6) is 0.207. The molecule has 6 heteroatoms. The highest BCUT2D eigenvalue weighted by Crippen LogP contribution is 2.14. The molecule has 1 aromatic rings. The molecule has 80 valence electrons. The van der Waals surface area contributed by atoms with Gasteiger partial charge in [0.1, 0.15) is 0 Å². The van der Waals surface area contributed by atoms with Gasteiger partial charge in [0.2, 0.25) is 0 Å². The van der Waals surface area contributed by atoms with Gasteiger partial charge in [0.05, 0.1) is 0 Å². The van der Waals surface area contributed by atoms with Crippen molar-refractivity contribution < 1.29 is 12.8 Å². The predicted molar refractivity (Wildman–Crippen MR) is 56.1 cm³/mol. The Morgan fingerprint density at radius 1 is 1.33 bits per heavy atom. The zero-order valence-electron chi connectivity index (χ0n) is 8.19. The van der Waals surface area contributed by atoms with Gasteiger partial charge in [0.25, 0.3) is 5.84 Å². The van der Waals surface area contributed by atoms with E-state index in [0.29, 0.717) is 0 Å². The molecule has 4 N–H and O–H groups in total. The standard InChI is InChI=1S/C9H11N3O2S/c1-6-2-4-7(5-3-6)8-9(10)12-15(13,14)11-8/h2-5,8,11H,1H3,(H2,10,12)/p+1/t8-/m0/s1. The Hall–Kier alpha value is -1.40. The second-order valence-corrected chi connectivity index (χ2v) is 4.97. The fourth-order valence-corrected chi connectivity index (χ4v) is 2.53. The zero-order valence-corrected chi connectivity index (χ0v) is 9.01. The number of hydrogen-bond acceptors (Lipinski definition) is 3. The number of benzene rings is 1. The van der Waals surface area contributed by atoms with E-state index in [1.54, 1.807) is 0 Å². The van der Waals surface area contributed by atoms with Gasteiger partial charge < -0.3 is 0 Å². The van der Waals surface area contributed by atoms with E-state index in [0.717, 1.165) is 11.1 Å². The molecule has 0 aliphatic carbocycles. The average molecular weight is 226 g/mol. The first-order chi connectivity index (χ1) is 6.98. The van der Waals surface area contributed by atoms with Crippen LogP contribution in [0.25, 0.3) is 0 Å². The van der Waals surface area contributed by atoms with E-state index < -0.39 is 16.3 Å². The molecule has 1 atom stereocenters. The van der Waals surface area contributed by atoms with Crippen LogP contribution < -0.4 is 14.9 Å². The maximum absolute atomic E-state index is 11.2. The first-order valence-electron chi connectivity index (χ1n) is 4.47. The molecule has 0 spiro atoms. The lowest BCUT2D eigenvalue weighted by Crippen LogP contribution is -2.76. The number of nitrogens with two attached hydrogens (primary N) is 1. The summed E-state index contributed by atoms with van der Waals surface area (Å²) >= 11 is 0. The molecule has 0 saturated carbocycles. The van der Waals surface area contributed by atoms with Gasteiger partial charge in [0, 0.05) is 0 Å². The van der Waals surface area contributed by atoms with Crippen molar-refractivity contribution in [3.63, 3.8) is 0 Å². The molecule has 2 rings (SSSR count). The second kappa shape index (κ2) is 3.32. The third-order valence-corrected chi connectivity index (χ3v) is 3.30. The third kappa shape index (κ3) is 2.00. The molecule has 15 heavy (non-hydrogen) atoms. The Morgan fingerprint density at radius 2 is 1.93 bits per heavy atom. The minimum absolute atomic E-state index is 0.207. The molecule has 0 amide bonds. The molecule has 0 fully saturated rings. The van der Waals surface area contributed by atoms with Gasteiger partial charge >= 0.3 is 10.2 Å². The average Bonchev–Trinajstić information content (AvgIpc) is 2.41. The smallest absolute Gasteiger partial charge is 0.288 e. The lowest BCUT2D eigenvalue weighted by Gasteiger charge is -2.06. The summed E-state index contributed by atoms with van der Waals surface area (Å²) in [5, 5.41) is 0. The molecule has 0 aromatic heterocycles. The Kier molecular flexibility index (Phi) is 2.24. The van der Waals surface area contributed by atoms with Crippen LogP contribution in [0.15, 0.2) is 24.3 Å². The summed E-state index contributed by atoms with van der Waals surface area (Å²) in [7, 11) is -3.46. The predicted octanol–water partition coefficient (Wildman–Crippen LogP) is -1.68. The molecule has 5 nitrogen and oxygen atoms in total. The number of rotatable bonds is 1.